The van der Waals surface area contributed by atoms with Crippen LogP contribution in [0.3, 0.4) is 0 Å². The lowest BCUT2D eigenvalue weighted by Gasteiger charge is -2.12. The molecule has 0 atom stereocenters. The normalized spacial score (nSPS) is 11.1. The number of ether oxygens (including phenoxy) is 1. The molecule has 0 fully saturated rings. The molecule has 0 radical (unpaired) electrons. The molecule has 3 aromatic rings. The summed E-state index contributed by atoms with van der Waals surface area (Å²) in [6.07, 6.45) is 0.311. The minimum absolute atomic E-state index is 0.0820. The number of nitrogens with two attached hydrogens (primary N) is 1. The van der Waals surface area contributed by atoms with Crippen LogP contribution in [-0.4, -0.2) is 35.0 Å². The number of hydrogen-bond donors (Lipinski definition) is 2. The maximum Gasteiger partial charge on any atom is 0.282 e. The Labute approximate surface area is 164 Å². The van der Waals surface area contributed by atoms with Crippen molar-refractivity contribution in [3.05, 3.63) is 45.7 Å². The van der Waals surface area contributed by atoms with E-state index >= 15 is 0 Å². The predicted molar refractivity (Wildman–Crippen MR) is 108 cm³/mol. The molecule has 3 N–H and O–H groups in total. The summed E-state index contributed by atoms with van der Waals surface area (Å²) in [5.74, 6) is 0.178. The van der Waals surface area contributed by atoms with Crippen LogP contribution in [0.15, 0.2) is 34.4 Å². The average molecular weight is 403 g/mol. The molecule has 0 aliphatic rings. The molecule has 2 heterocycles. The van der Waals surface area contributed by atoms with E-state index in [0.717, 1.165) is 4.68 Å². The minimum Gasteiger partial charge on any atom is -0.493 e. The van der Waals surface area contributed by atoms with Crippen molar-refractivity contribution >= 4 is 33.0 Å². The Morgan fingerprint density at radius 3 is 2.71 bits per heavy atom. The first-order chi connectivity index (χ1) is 13.4. The molecular weight excluding hydrogens is 382 g/mol. The van der Waals surface area contributed by atoms with Crippen molar-refractivity contribution < 1.29 is 13.9 Å². The number of nitrogens with one attached hydrogen (secondary N) is 1. The van der Waals surface area contributed by atoms with Gasteiger partial charge in [-0.3, -0.25) is 14.0 Å². The Kier molecular flexibility index (Phi) is 5.93. The molecule has 148 valence electrons. The van der Waals surface area contributed by atoms with E-state index in [1.165, 1.54) is 11.3 Å². The number of fused-ring (bicyclic) bond motifs is 1. The quantitative estimate of drug-likeness (QED) is 0.591. The maximum atomic E-state index is 12.9. The second-order valence-electron chi connectivity index (χ2n) is 6.47. The van der Waals surface area contributed by atoms with Crippen molar-refractivity contribution in [3.8, 4) is 11.4 Å². The van der Waals surface area contributed by atoms with Gasteiger partial charge in [-0.2, -0.15) is 9.78 Å². The van der Waals surface area contributed by atoms with Gasteiger partial charge in [-0.05, 0) is 38.1 Å². The smallest absolute Gasteiger partial charge is 0.282 e. The Bertz CT molecular complexity index is 1040. The van der Waals surface area contributed by atoms with Crippen molar-refractivity contribution in [2.45, 2.75) is 26.3 Å². The summed E-state index contributed by atoms with van der Waals surface area (Å²) in [5, 5.41) is 9.80. The molecule has 0 bridgehead atoms. The molecular formula is C19H21FN4O3S. The highest BCUT2D eigenvalue weighted by Crippen LogP contribution is 2.27. The minimum atomic E-state index is -0.444. The second-order valence-corrected chi connectivity index (χ2v) is 7.38. The number of nitrogen functional groups attached to an aromatic ring is 1. The van der Waals surface area contributed by atoms with Gasteiger partial charge in [0, 0.05) is 23.2 Å². The zero-order valence-corrected chi connectivity index (χ0v) is 16.4. The fraction of sp³-hybridized carbons (Fsp3) is 0.316. The Balaban J connectivity index is 2.05. The second kappa shape index (κ2) is 8.39. The number of hydrogen-bond acceptors (Lipinski definition) is 6. The monoisotopic (exact) mass is 403 g/mol. The molecule has 1 amide bonds. The van der Waals surface area contributed by atoms with Crippen LogP contribution in [0.5, 0.6) is 5.75 Å². The summed E-state index contributed by atoms with van der Waals surface area (Å²) >= 11 is 1.19. The van der Waals surface area contributed by atoms with Gasteiger partial charge in [-0.15, -0.1) is 11.3 Å². The Morgan fingerprint density at radius 2 is 2.07 bits per heavy atom. The third kappa shape index (κ3) is 3.99. The molecule has 0 aliphatic heterocycles. The zero-order chi connectivity index (χ0) is 20.3. The van der Waals surface area contributed by atoms with E-state index in [9.17, 15) is 14.0 Å². The number of anilines is 1. The van der Waals surface area contributed by atoms with Crippen LogP contribution in [0.25, 0.3) is 16.5 Å². The third-order valence-corrected chi connectivity index (χ3v) is 4.76. The van der Waals surface area contributed by atoms with Gasteiger partial charge < -0.3 is 15.8 Å². The lowest BCUT2D eigenvalue weighted by atomic mass is 10.2. The summed E-state index contributed by atoms with van der Waals surface area (Å²) in [6, 6.07) is 6.55. The van der Waals surface area contributed by atoms with E-state index in [4.69, 9.17) is 10.5 Å². The first-order valence-electron chi connectivity index (χ1n) is 8.82. The Morgan fingerprint density at radius 1 is 1.36 bits per heavy atom. The van der Waals surface area contributed by atoms with Gasteiger partial charge in [0.25, 0.3) is 11.5 Å². The summed E-state index contributed by atoms with van der Waals surface area (Å²) in [6.45, 7) is 3.51. The predicted octanol–water partition coefficient (Wildman–Crippen LogP) is 2.91. The number of alkyl halides is 1. The van der Waals surface area contributed by atoms with E-state index < -0.39 is 12.2 Å². The summed E-state index contributed by atoms with van der Waals surface area (Å²) in [7, 11) is 0. The van der Waals surface area contributed by atoms with E-state index in [1.54, 1.807) is 29.6 Å². The highest BCUT2D eigenvalue weighted by molar-refractivity contribution is 7.15. The maximum absolute atomic E-state index is 12.9. The van der Waals surface area contributed by atoms with E-state index in [-0.39, 0.29) is 29.6 Å². The van der Waals surface area contributed by atoms with Crippen LogP contribution in [-0.2, 0) is 0 Å². The highest BCUT2D eigenvalue weighted by atomic mass is 32.1. The van der Waals surface area contributed by atoms with Crippen molar-refractivity contribution in [1.29, 1.82) is 0 Å². The van der Waals surface area contributed by atoms with Crippen LogP contribution in [0.2, 0.25) is 0 Å². The molecule has 0 saturated carbocycles. The van der Waals surface area contributed by atoms with Gasteiger partial charge in [-0.25, -0.2) is 0 Å². The molecule has 0 saturated heterocycles. The number of thiophene rings is 1. The van der Waals surface area contributed by atoms with Crippen molar-refractivity contribution in [2.24, 2.45) is 0 Å². The number of nitrogens with zero attached hydrogens (tertiary/aromatic N) is 2. The zero-order valence-electron chi connectivity index (χ0n) is 15.6. The van der Waals surface area contributed by atoms with E-state index in [2.05, 4.69) is 10.4 Å². The van der Waals surface area contributed by atoms with Crippen molar-refractivity contribution in [2.75, 3.05) is 19.0 Å². The summed E-state index contributed by atoms with van der Waals surface area (Å²) in [5.41, 5.74) is 6.18. The third-order valence-electron chi connectivity index (χ3n) is 3.94. The lowest BCUT2D eigenvalue weighted by Crippen LogP contribution is -2.33. The van der Waals surface area contributed by atoms with Crippen LogP contribution in [0.4, 0.5) is 9.39 Å². The number of amides is 1. The number of aromatic nitrogens is 2. The van der Waals surface area contributed by atoms with Gasteiger partial charge in [-0.1, -0.05) is 0 Å². The fourth-order valence-corrected chi connectivity index (χ4v) is 3.46. The van der Waals surface area contributed by atoms with Gasteiger partial charge in [0.05, 0.1) is 29.4 Å². The molecule has 0 unspecified atom stereocenters. The first-order valence-corrected chi connectivity index (χ1v) is 9.70. The topological polar surface area (TPSA) is 99.2 Å². The van der Waals surface area contributed by atoms with E-state index in [0.29, 0.717) is 28.2 Å². The molecule has 1 aromatic carbocycles. The van der Waals surface area contributed by atoms with Crippen molar-refractivity contribution in [3.63, 3.8) is 0 Å². The largest absolute Gasteiger partial charge is 0.493 e. The van der Waals surface area contributed by atoms with Gasteiger partial charge in [0.2, 0.25) is 0 Å². The van der Waals surface area contributed by atoms with Crippen LogP contribution < -0.4 is 21.3 Å². The molecule has 2 aromatic heterocycles. The number of rotatable bonds is 7. The fourth-order valence-electron chi connectivity index (χ4n) is 2.67. The van der Waals surface area contributed by atoms with Gasteiger partial charge in [0.15, 0.2) is 5.69 Å². The molecule has 3 rings (SSSR count). The number of carbonyl (C=O) groups excluding carboxylic acids is 1. The number of halogens is 1. The van der Waals surface area contributed by atoms with Crippen LogP contribution >= 0.6 is 11.3 Å². The molecule has 7 nitrogen and oxygen atoms in total. The molecule has 0 aliphatic carbocycles. The summed E-state index contributed by atoms with van der Waals surface area (Å²) in [4.78, 5) is 25.5. The number of carbonyl (C=O) groups is 1. The highest BCUT2D eigenvalue weighted by Gasteiger charge is 2.21. The van der Waals surface area contributed by atoms with Crippen molar-refractivity contribution in [1.82, 2.24) is 15.1 Å². The molecule has 9 heteroatoms. The first kappa shape index (κ1) is 19.8. The average Bonchev–Trinajstić information content (AvgIpc) is 3.05. The standard InChI is InChI=1S/C19H21FN4O3S/c1-11(2)22-18(25)16-14-10-28-17(21)15(14)19(26)24(23-16)12-4-6-13(7-5-12)27-9-3-8-20/h4-7,10-11H,3,8-9,21H2,1-2H3,(H,22,25)/i20-1. The van der Waals surface area contributed by atoms with E-state index in [1.807, 2.05) is 13.8 Å². The van der Waals surface area contributed by atoms with Crippen LogP contribution in [0, 0.1) is 0 Å². The SMILES string of the molecule is CC(C)NC(=O)c1nn(-c2ccc(OCCC[18F])cc2)c(=O)c2c(N)scc12. The van der Waals surface area contributed by atoms with Crippen LogP contribution in [0.1, 0.15) is 30.8 Å². The van der Waals surface area contributed by atoms with Gasteiger partial charge in [0.1, 0.15) is 5.75 Å². The molecule has 28 heavy (non-hydrogen) atoms. The lowest BCUT2D eigenvalue weighted by molar-refractivity contribution is 0.0938. The van der Waals surface area contributed by atoms with Gasteiger partial charge >= 0.3 is 0 Å². The summed E-state index contributed by atoms with van der Waals surface area (Å²) < 4.78 is 18.8. The molecule has 0 spiro atoms. The Hall–Kier alpha value is -2.94. The number of benzene rings is 1.